The molecular weight excluding hydrogens is 202 g/mol. The number of carbonyl (C=O) groups excluding carboxylic acids is 1. The van der Waals surface area contributed by atoms with Crippen LogP contribution in [0.25, 0.3) is 0 Å². The van der Waals surface area contributed by atoms with Crippen molar-refractivity contribution in [2.24, 2.45) is 0 Å². The average Bonchev–Trinajstić information content (AvgIpc) is 2.65. The molecule has 0 aliphatic carbocycles. The van der Waals surface area contributed by atoms with Gasteiger partial charge in [0, 0.05) is 19.0 Å². The van der Waals surface area contributed by atoms with Crippen LogP contribution in [-0.4, -0.2) is 31.0 Å². The maximum Gasteiger partial charge on any atom is 0.222 e. The second kappa shape index (κ2) is 6.85. The molecule has 3 nitrogen and oxygen atoms in total. The maximum absolute atomic E-state index is 11.3. The molecule has 1 unspecified atom stereocenters. The van der Waals surface area contributed by atoms with Crippen molar-refractivity contribution in [3.05, 3.63) is 12.2 Å². The average molecular weight is 218 g/mol. The molecule has 1 aliphatic rings. The summed E-state index contributed by atoms with van der Waals surface area (Å²) in [6.45, 7) is 1.35. The van der Waals surface area contributed by atoms with E-state index in [-0.39, 0.29) is 12.0 Å². The fourth-order valence-corrected chi connectivity index (χ4v) is 1.53. The predicted molar refractivity (Wildman–Crippen MR) is 56.5 cm³/mol. The smallest absolute Gasteiger partial charge is 0.222 e. The molecule has 0 aromatic heterocycles. The van der Waals surface area contributed by atoms with Crippen LogP contribution in [0.3, 0.4) is 0 Å². The van der Waals surface area contributed by atoms with Gasteiger partial charge in [-0.25, -0.2) is 0 Å². The molecule has 0 spiro atoms. The van der Waals surface area contributed by atoms with Crippen molar-refractivity contribution in [3.8, 4) is 0 Å². The maximum atomic E-state index is 11.3. The Morgan fingerprint density at radius 1 is 1.57 bits per heavy atom. The molecule has 1 saturated heterocycles. The lowest BCUT2D eigenvalue weighted by molar-refractivity contribution is -0.123. The Bertz CT molecular complexity index is 200. The van der Waals surface area contributed by atoms with Gasteiger partial charge in [0.25, 0.3) is 0 Å². The molecule has 80 valence electrons. The van der Waals surface area contributed by atoms with Crippen molar-refractivity contribution >= 4 is 17.5 Å². The quantitative estimate of drug-likeness (QED) is 0.560. The van der Waals surface area contributed by atoms with Crippen LogP contribution in [-0.2, 0) is 9.53 Å². The Kier molecular flexibility index (Phi) is 5.64. The Balaban J connectivity index is 2.06. The van der Waals surface area contributed by atoms with Gasteiger partial charge in [-0.2, -0.15) is 0 Å². The second-order valence-electron chi connectivity index (χ2n) is 3.27. The second-order valence-corrected chi connectivity index (χ2v) is 3.58. The lowest BCUT2D eigenvalue weighted by atomic mass is 10.2. The zero-order valence-corrected chi connectivity index (χ0v) is 8.93. The number of amides is 1. The molecule has 0 aromatic carbocycles. The predicted octanol–water partition coefficient (Wildman–Crippen LogP) is 1.47. The van der Waals surface area contributed by atoms with Gasteiger partial charge in [0.05, 0.1) is 12.5 Å². The van der Waals surface area contributed by atoms with Crippen molar-refractivity contribution in [2.45, 2.75) is 25.4 Å². The van der Waals surface area contributed by atoms with Crippen molar-refractivity contribution < 1.29 is 9.53 Å². The molecule has 1 rings (SSSR count). The third-order valence-corrected chi connectivity index (χ3v) is 2.29. The number of ether oxygens (including phenoxy) is 1. The number of nitrogens with one attached hydrogen (secondary N) is 1. The monoisotopic (exact) mass is 217 g/mol. The molecule has 1 atom stereocenters. The molecule has 14 heavy (non-hydrogen) atoms. The van der Waals surface area contributed by atoms with Gasteiger partial charge in [0.2, 0.25) is 5.91 Å². The van der Waals surface area contributed by atoms with Crippen molar-refractivity contribution in [3.63, 3.8) is 0 Å². The van der Waals surface area contributed by atoms with Gasteiger partial charge in [0.1, 0.15) is 0 Å². The number of hydrogen-bond acceptors (Lipinski definition) is 2. The molecule has 0 radical (unpaired) electrons. The van der Waals surface area contributed by atoms with Gasteiger partial charge in [-0.15, -0.1) is 11.6 Å². The summed E-state index contributed by atoms with van der Waals surface area (Å²) < 4.78 is 5.35. The van der Waals surface area contributed by atoms with E-state index in [9.17, 15) is 4.79 Å². The van der Waals surface area contributed by atoms with Gasteiger partial charge in [0.15, 0.2) is 0 Å². The zero-order chi connectivity index (χ0) is 10.2. The summed E-state index contributed by atoms with van der Waals surface area (Å²) in [5.41, 5.74) is 0. The topological polar surface area (TPSA) is 38.3 Å². The minimum atomic E-state index is 0.0520. The highest BCUT2D eigenvalue weighted by Gasteiger charge is 2.18. The van der Waals surface area contributed by atoms with E-state index in [1.165, 1.54) is 0 Å². The number of allylic oxidation sites excluding steroid dienone is 1. The van der Waals surface area contributed by atoms with Crippen LogP contribution >= 0.6 is 11.6 Å². The van der Waals surface area contributed by atoms with E-state index in [0.717, 1.165) is 19.4 Å². The van der Waals surface area contributed by atoms with E-state index < -0.39 is 0 Å². The minimum absolute atomic E-state index is 0.0520. The Morgan fingerprint density at radius 2 is 2.43 bits per heavy atom. The normalized spacial score (nSPS) is 21.6. The number of rotatable bonds is 5. The molecule has 1 amide bonds. The van der Waals surface area contributed by atoms with Crippen LogP contribution in [0.15, 0.2) is 12.2 Å². The Hall–Kier alpha value is -0.540. The Labute approximate surface area is 89.5 Å². The highest BCUT2D eigenvalue weighted by atomic mass is 35.5. The Morgan fingerprint density at radius 3 is 3.07 bits per heavy atom. The summed E-state index contributed by atoms with van der Waals surface area (Å²) in [6, 6.07) is 0. The van der Waals surface area contributed by atoms with E-state index in [1.807, 2.05) is 12.2 Å². The fourth-order valence-electron chi connectivity index (χ4n) is 1.40. The van der Waals surface area contributed by atoms with Gasteiger partial charge in [-0.1, -0.05) is 12.2 Å². The van der Waals surface area contributed by atoms with E-state index in [4.69, 9.17) is 16.3 Å². The van der Waals surface area contributed by atoms with E-state index in [2.05, 4.69) is 5.32 Å². The lowest BCUT2D eigenvalue weighted by Crippen LogP contribution is -2.27. The molecule has 0 bridgehead atoms. The highest BCUT2D eigenvalue weighted by molar-refractivity contribution is 6.18. The van der Waals surface area contributed by atoms with Crippen LogP contribution < -0.4 is 5.32 Å². The summed E-state index contributed by atoms with van der Waals surface area (Å²) in [5, 5.41) is 2.78. The van der Waals surface area contributed by atoms with Crippen LogP contribution in [0.5, 0.6) is 0 Å². The van der Waals surface area contributed by atoms with E-state index >= 15 is 0 Å². The summed E-state index contributed by atoms with van der Waals surface area (Å²) >= 11 is 5.43. The van der Waals surface area contributed by atoms with Crippen LogP contribution in [0.1, 0.15) is 19.3 Å². The van der Waals surface area contributed by atoms with Crippen LogP contribution in [0.4, 0.5) is 0 Å². The molecule has 1 heterocycles. The van der Waals surface area contributed by atoms with Gasteiger partial charge in [-0.05, 0) is 12.8 Å². The van der Waals surface area contributed by atoms with Crippen molar-refractivity contribution in [1.29, 1.82) is 0 Å². The first-order valence-corrected chi connectivity index (χ1v) is 5.45. The molecule has 0 aromatic rings. The first-order chi connectivity index (χ1) is 6.83. The number of halogens is 1. The molecule has 0 saturated carbocycles. The summed E-state index contributed by atoms with van der Waals surface area (Å²) in [6.07, 6.45) is 6.35. The summed E-state index contributed by atoms with van der Waals surface area (Å²) in [4.78, 5) is 11.3. The van der Waals surface area contributed by atoms with Crippen LogP contribution in [0.2, 0.25) is 0 Å². The molecule has 1 aliphatic heterocycles. The fraction of sp³-hybridized carbons (Fsp3) is 0.700. The first kappa shape index (κ1) is 11.5. The van der Waals surface area contributed by atoms with Crippen molar-refractivity contribution in [2.75, 3.05) is 19.0 Å². The van der Waals surface area contributed by atoms with E-state index in [0.29, 0.717) is 18.8 Å². The number of hydrogen-bond donors (Lipinski definition) is 1. The number of carbonyl (C=O) groups is 1. The number of alkyl halides is 1. The highest BCUT2D eigenvalue weighted by Crippen LogP contribution is 2.14. The standard InChI is InChI=1S/C10H16ClNO2/c11-5-1-2-6-12-10(13)8-9-4-3-7-14-9/h1-2,9H,3-8H2,(H,12,13)/b2-1+. The van der Waals surface area contributed by atoms with Crippen LogP contribution in [0, 0.1) is 0 Å². The first-order valence-electron chi connectivity index (χ1n) is 4.92. The van der Waals surface area contributed by atoms with E-state index in [1.54, 1.807) is 0 Å². The van der Waals surface area contributed by atoms with Gasteiger partial charge in [-0.3, -0.25) is 4.79 Å². The summed E-state index contributed by atoms with van der Waals surface area (Å²) in [5.74, 6) is 0.540. The molecule has 4 heteroatoms. The van der Waals surface area contributed by atoms with Gasteiger partial charge < -0.3 is 10.1 Å². The molecule has 1 N–H and O–H groups in total. The van der Waals surface area contributed by atoms with Gasteiger partial charge >= 0.3 is 0 Å². The third-order valence-electron chi connectivity index (χ3n) is 2.11. The molecule has 1 fully saturated rings. The molecular formula is C10H16ClNO2. The van der Waals surface area contributed by atoms with Crippen molar-refractivity contribution in [1.82, 2.24) is 5.32 Å². The summed E-state index contributed by atoms with van der Waals surface area (Å²) in [7, 11) is 0. The zero-order valence-electron chi connectivity index (χ0n) is 8.17. The lowest BCUT2D eigenvalue weighted by Gasteiger charge is -2.08. The SMILES string of the molecule is O=C(CC1CCCO1)NC/C=C/CCl. The largest absolute Gasteiger partial charge is 0.378 e. The third kappa shape index (κ3) is 4.63. The minimum Gasteiger partial charge on any atom is -0.378 e.